The SMILES string of the molecule is O=C(Cc1cccc(Cl)c1)c1ccccc1Cl. The average molecular weight is 265 g/mol. The van der Waals surface area contributed by atoms with Crippen molar-refractivity contribution in [2.75, 3.05) is 0 Å². The molecule has 0 aliphatic rings. The number of hydrogen-bond donors (Lipinski definition) is 0. The molecule has 0 atom stereocenters. The molecule has 3 heteroatoms. The van der Waals surface area contributed by atoms with Crippen molar-refractivity contribution in [1.29, 1.82) is 0 Å². The van der Waals surface area contributed by atoms with Crippen molar-refractivity contribution in [3.63, 3.8) is 0 Å². The lowest BCUT2D eigenvalue weighted by Gasteiger charge is -2.03. The minimum atomic E-state index is -0.00198. The molecule has 2 aromatic rings. The molecule has 0 heterocycles. The second-order valence-electron chi connectivity index (χ2n) is 3.71. The third-order valence-electron chi connectivity index (χ3n) is 2.43. The van der Waals surface area contributed by atoms with E-state index < -0.39 is 0 Å². The fourth-order valence-corrected chi connectivity index (χ4v) is 2.07. The van der Waals surface area contributed by atoms with Gasteiger partial charge in [-0.25, -0.2) is 0 Å². The second kappa shape index (κ2) is 5.35. The highest BCUT2D eigenvalue weighted by atomic mass is 35.5. The van der Waals surface area contributed by atoms with E-state index in [0.717, 1.165) is 5.56 Å². The maximum atomic E-state index is 12.0. The minimum absolute atomic E-state index is 0.00198. The Morgan fingerprint density at radius 1 is 1.00 bits per heavy atom. The largest absolute Gasteiger partial charge is 0.294 e. The standard InChI is InChI=1S/C14H10Cl2O/c15-11-5-3-4-10(8-11)9-14(17)12-6-1-2-7-13(12)16/h1-8H,9H2. The lowest BCUT2D eigenvalue weighted by molar-refractivity contribution is 0.0993. The Bertz CT molecular complexity index is 549. The molecule has 0 aromatic heterocycles. The minimum Gasteiger partial charge on any atom is -0.294 e. The van der Waals surface area contributed by atoms with Crippen molar-refractivity contribution >= 4 is 29.0 Å². The Kier molecular flexibility index (Phi) is 3.82. The zero-order valence-electron chi connectivity index (χ0n) is 8.99. The predicted molar refractivity (Wildman–Crippen MR) is 70.9 cm³/mol. The Morgan fingerprint density at radius 3 is 2.47 bits per heavy atom. The lowest BCUT2D eigenvalue weighted by atomic mass is 10.0. The molecule has 0 spiro atoms. The molecule has 2 aromatic carbocycles. The molecule has 0 amide bonds. The van der Waals surface area contributed by atoms with E-state index in [-0.39, 0.29) is 5.78 Å². The highest BCUT2D eigenvalue weighted by Gasteiger charge is 2.10. The van der Waals surface area contributed by atoms with Gasteiger partial charge in [0.25, 0.3) is 0 Å². The summed E-state index contributed by atoms with van der Waals surface area (Å²) in [5.41, 5.74) is 1.44. The highest BCUT2D eigenvalue weighted by Crippen LogP contribution is 2.18. The molecule has 0 radical (unpaired) electrons. The van der Waals surface area contributed by atoms with Gasteiger partial charge in [0.15, 0.2) is 5.78 Å². The summed E-state index contributed by atoms with van der Waals surface area (Å²) >= 11 is 11.8. The number of ketones is 1. The van der Waals surface area contributed by atoms with Crippen LogP contribution >= 0.6 is 23.2 Å². The molecular weight excluding hydrogens is 255 g/mol. The first kappa shape index (κ1) is 12.2. The van der Waals surface area contributed by atoms with Gasteiger partial charge in [-0.15, -0.1) is 0 Å². The monoisotopic (exact) mass is 264 g/mol. The normalized spacial score (nSPS) is 10.2. The fraction of sp³-hybridized carbons (Fsp3) is 0.0714. The van der Waals surface area contributed by atoms with Gasteiger partial charge in [0.2, 0.25) is 0 Å². The molecule has 0 fully saturated rings. The van der Waals surface area contributed by atoms with Crippen molar-refractivity contribution in [2.24, 2.45) is 0 Å². The van der Waals surface area contributed by atoms with Crippen molar-refractivity contribution in [3.05, 3.63) is 69.7 Å². The zero-order valence-corrected chi connectivity index (χ0v) is 10.5. The van der Waals surface area contributed by atoms with Gasteiger partial charge < -0.3 is 0 Å². The topological polar surface area (TPSA) is 17.1 Å². The Labute approximate surface area is 110 Å². The van der Waals surface area contributed by atoms with E-state index in [9.17, 15) is 4.79 Å². The predicted octanol–water partition coefficient (Wildman–Crippen LogP) is 4.42. The number of rotatable bonds is 3. The van der Waals surface area contributed by atoms with Crippen LogP contribution < -0.4 is 0 Å². The van der Waals surface area contributed by atoms with Gasteiger partial charge in [-0.1, -0.05) is 47.5 Å². The number of hydrogen-bond acceptors (Lipinski definition) is 1. The van der Waals surface area contributed by atoms with Crippen molar-refractivity contribution in [2.45, 2.75) is 6.42 Å². The van der Waals surface area contributed by atoms with Crippen LogP contribution in [0.2, 0.25) is 10.0 Å². The molecule has 0 unspecified atom stereocenters. The average Bonchev–Trinajstić information content (AvgIpc) is 2.29. The third-order valence-corrected chi connectivity index (χ3v) is 2.99. The fourth-order valence-electron chi connectivity index (χ4n) is 1.61. The maximum absolute atomic E-state index is 12.0. The number of carbonyl (C=O) groups is 1. The second-order valence-corrected chi connectivity index (χ2v) is 4.55. The summed E-state index contributed by atoms with van der Waals surface area (Å²) in [6.45, 7) is 0. The van der Waals surface area contributed by atoms with E-state index in [1.54, 1.807) is 36.4 Å². The number of halogens is 2. The number of benzene rings is 2. The lowest BCUT2D eigenvalue weighted by Crippen LogP contribution is -2.04. The van der Waals surface area contributed by atoms with Crippen molar-refractivity contribution in [1.82, 2.24) is 0 Å². The van der Waals surface area contributed by atoms with Gasteiger partial charge in [0, 0.05) is 17.0 Å². The zero-order chi connectivity index (χ0) is 12.3. The van der Waals surface area contributed by atoms with Gasteiger partial charge >= 0.3 is 0 Å². The maximum Gasteiger partial charge on any atom is 0.168 e. The van der Waals surface area contributed by atoms with E-state index in [2.05, 4.69) is 0 Å². The molecule has 0 saturated heterocycles. The molecule has 86 valence electrons. The third kappa shape index (κ3) is 3.09. The van der Waals surface area contributed by atoms with Crippen molar-refractivity contribution < 1.29 is 4.79 Å². The Balaban J connectivity index is 2.20. The van der Waals surface area contributed by atoms with Gasteiger partial charge in [-0.05, 0) is 29.8 Å². The van der Waals surface area contributed by atoms with Crippen LogP contribution in [0.15, 0.2) is 48.5 Å². The van der Waals surface area contributed by atoms with Crippen LogP contribution in [0.5, 0.6) is 0 Å². The number of carbonyl (C=O) groups excluding carboxylic acids is 1. The number of Topliss-reactive ketones (excluding diaryl/α,β-unsaturated/α-hetero) is 1. The van der Waals surface area contributed by atoms with Crippen LogP contribution in [0.4, 0.5) is 0 Å². The first-order valence-electron chi connectivity index (χ1n) is 5.19. The smallest absolute Gasteiger partial charge is 0.168 e. The molecule has 0 saturated carbocycles. The summed E-state index contributed by atoms with van der Waals surface area (Å²) in [6, 6.07) is 14.3. The van der Waals surface area contributed by atoms with Crippen LogP contribution in [-0.4, -0.2) is 5.78 Å². The van der Waals surface area contributed by atoms with E-state index >= 15 is 0 Å². The van der Waals surface area contributed by atoms with Crippen LogP contribution in [0.1, 0.15) is 15.9 Å². The van der Waals surface area contributed by atoms with E-state index in [0.29, 0.717) is 22.0 Å². The van der Waals surface area contributed by atoms with Crippen LogP contribution in [0.3, 0.4) is 0 Å². The summed E-state index contributed by atoms with van der Waals surface area (Å²) in [6.07, 6.45) is 0.310. The molecule has 0 aliphatic heterocycles. The first-order valence-corrected chi connectivity index (χ1v) is 5.94. The summed E-state index contributed by atoms with van der Waals surface area (Å²) in [5, 5.41) is 1.12. The highest BCUT2D eigenvalue weighted by molar-refractivity contribution is 6.34. The Hall–Kier alpha value is -1.31. The summed E-state index contributed by atoms with van der Waals surface area (Å²) in [7, 11) is 0. The summed E-state index contributed by atoms with van der Waals surface area (Å²) in [4.78, 5) is 12.0. The Morgan fingerprint density at radius 2 is 1.76 bits per heavy atom. The summed E-state index contributed by atoms with van der Waals surface area (Å²) in [5.74, 6) is -0.00198. The van der Waals surface area contributed by atoms with Gasteiger partial charge in [-0.3, -0.25) is 4.79 Å². The molecule has 0 aliphatic carbocycles. The molecular formula is C14H10Cl2O. The van der Waals surface area contributed by atoms with Crippen LogP contribution in [0, 0.1) is 0 Å². The molecule has 17 heavy (non-hydrogen) atoms. The van der Waals surface area contributed by atoms with Crippen molar-refractivity contribution in [3.8, 4) is 0 Å². The summed E-state index contributed by atoms with van der Waals surface area (Å²) < 4.78 is 0. The van der Waals surface area contributed by atoms with Gasteiger partial charge in [0.05, 0.1) is 5.02 Å². The first-order chi connectivity index (χ1) is 8.16. The molecule has 1 nitrogen and oxygen atoms in total. The molecule has 0 bridgehead atoms. The van der Waals surface area contributed by atoms with E-state index in [1.165, 1.54) is 0 Å². The van der Waals surface area contributed by atoms with Crippen LogP contribution in [0.25, 0.3) is 0 Å². The van der Waals surface area contributed by atoms with E-state index in [4.69, 9.17) is 23.2 Å². The quantitative estimate of drug-likeness (QED) is 0.751. The molecule has 2 rings (SSSR count). The molecule has 0 N–H and O–H groups in total. The van der Waals surface area contributed by atoms with Gasteiger partial charge in [-0.2, -0.15) is 0 Å². The van der Waals surface area contributed by atoms with Crippen LogP contribution in [-0.2, 0) is 6.42 Å². The van der Waals surface area contributed by atoms with Gasteiger partial charge in [0.1, 0.15) is 0 Å². The van der Waals surface area contributed by atoms with E-state index in [1.807, 2.05) is 12.1 Å².